The minimum absolute atomic E-state index is 0.156. The number of amides is 1. The van der Waals surface area contributed by atoms with Crippen LogP contribution < -0.4 is 15.4 Å². The van der Waals surface area contributed by atoms with E-state index in [2.05, 4.69) is 22.8 Å². The molecule has 8 heteroatoms. The van der Waals surface area contributed by atoms with Crippen LogP contribution in [0.15, 0.2) is 47.4 Å². The van der Waals surface area contributed by atoms with E-state index in [9.17, 15) is 4.79 Å². The molecule has 0 heterocycles. The molecule has 0 unspecified atom stereocenters. The van der Waals surface area contributed by atoms with Gasteiger partial charge in [-0.15, -0.1) is 11.8 Å². The van der Waals surface area contributed by atoms with E-state index in [0.717, 1.165) is 5.56 Å². The largest absolute Gasteiger partial charge is 0.492 e. The van der Waals surface area contributed by atoms with Crippen molar-refractivity contribution in [1.29, 1.82) is 0 Å². The zero-order valence-electron chi connectivity index (χ0n) is 14.8. The number of thiocarbonyl (C=S) groups is 1. The maximum absolute atomic E-state index is 11.9. The van der Waals surface area contributed by atoms with Gasteiger partial charge in [-0.05, 0) is 60.8 Å². The first kappa shape index (κ1) is 21.8. The normalized spacial score (nSPS) is 10.3. The molecule has 2 N–H and O–H groups in total. The van der Waals surface area contributed by atoms with Crippen molar-refractivity contribution >= 4 is 58.2 Å². The number of hydrogen-bond acceptors (Lipinski definition) is 4. The lowest BCUT2D eigenvalue weighted by molar-refractivity contribution is -0.119. The zero-order valence-corrected chi connectivity index (χ0v) is 17.9. The molecule has 27 heavy (non-hydrogen) atoms. The van der Waals surface area contributed by atoms with E-state index in [-0.39, 0.29) is 5.91 Å². The van der Waals surface area contributed by atoms with Gasteiger partial charge in [0.05, 0.1) is 11.6 Å². The van der Waals surface area contributed by atoms with Crippen molar-refractivity contribution in [3.8, 4) is 5.75 Å². The number of nitrogens with one attached hydrogen (secondary N) is 2. The lowest BCUT2D eigenvalue weighted by Crippen LogP contribution is -2.38. The van der Waals surface area contributed by atoms with Crippen molar-refractivity contribution in [1.82, 2.24) is 10.6 Å². The maximum atomic E-state index is 11.9. The van der Waals surface area contributed by atoms with Crippen LogP contribution in [0.2, 0.25) is 10.0 Å². The highest BCUT2D eigenvalue weighted by atomic mass is 35.5. The topological polar surface area (TPSA) is 50.4 Å². The van der Waals surface area contributed by atoms with Crippen molar-refractivity contribution in [2.75, 3.05) is 12.9 Å². The van der Waals surface area contributed by atoms with Crippen molar-refractivity contribution in [2.24, 2.45) is 0 Å². The molecule has 0 aliphatic carbocycles. The van der Waals surface area contributed by atoms with E-state index in [1.165, 1.54) is 4.90 Å². The lowest BCUT2D eigenvalue weighted by atomic mass is 10.2. The third kappa shape index (κ3) is 7.97. The van der Waals surface area contributed by atoms with Crippen LogP contribution in [0.5, 0.6) is 5.75 Å². The molecule has 0 spiro atoms. The van der Waals surface area contributed by atoms with E-state index in [4.69, 9.17) is 40.2 Å². The molecule has 2 aromatic rings. The minimum Gasteiger partial charge on any atom is -0.492 e. The second kappa shape index (κ2) is 11.4. The van der Waals surface area contributed by atoms with E-state index >= 15 is 0 Å². The standard InChI is InChI=1S/C19H20Cl2N2O2S2/c1-27-15-7-4-13(5-8-15)12-22-19(26)23-18(24)3-2-10-25-17-9-6-14(20)11-16(17)21/h4-9,11H,2-3,10,12H2,1H3,(H2,22,23,24,26). The van der Waals surface area contributed by atoms with Crippen molar-refractivity contribution in [3.63, 3.8) is 0 Å². The Morgan fingerprint density at radius 1 is 1.19 bits per heavy atom. The highest BCUT2D eigenvalue weighted by Crippen LogP contribution is 2.27. The first-order chi connectivity index (χ1) is 13.0. The van der Waals surface area contributed by atoms with Crippen molar-refractivity contribution in [3.05, 3.63) is 58.1 Å². The Kier molecular flexibility index (Phi) is 9.21. The van der Waals surface area contributed by atoms with Gasteiger partial charge in [0, 0.05) is 22.9 Å². The molecule has 0 fully saturated rings. The molecule has 0 saturated carbocycles. The summed E-state index contributed by atoms with van der Waals surface area (Å²) in [4.78, 5) is 13.1. The van der Waals surface area contributed by atoms with E-state index in [1.807, 2.05) is 18.4 Å². The molecule has 1 amide bonds. The summed E-state index contributed by atoms with van der Waals surface area (Å²) in [5, 5.41) is 7.01. The molecule has 2 rings (SSSR count). The quantitative estimate of drug-likeness (QED) is 0.339. The molecule has 0 radical (unpaired) electrons. The van der Waals surface area contributed by atoms with Gasteiger partial charge in [0.2, 0.25) is 5.91 Å². The van der Waals surface area contributed by atoms with Gasteiger partial charge >= 0.3 is 0 Å². The van der Waals surface area contributed by atoms with E-state index < -0.39 is 0 Å². The van der Waals surface area contributed by atoms with Crippen LogP contribution in [0.25, 0.3) is 0 Å². The second-order valence-electron chi connectivity index (χ2n) is 5.61. The van der Waals surface area contributed by atoms with Crippen LogP contribution in [0, 0.1) is 0 Å². The van der Waals surface area contributed by atoms with E-state index in [1.54, 1.807) is 30.0 Å². The Morgan fingerprint density at radius 2 is 1.93 bits per heavy atom. The average Bonchev–Trinajstić information content (AvgIpc) is 2.65. The molecule has 0 atom stereocenters. The smallest absolute Gasteiger partial charge is 0.226 e. The highest BCUT2D eigenvalue weighted by Gasteiger charge is 2.06. The molecule has 0 aromatic heterocycles. The Morgan fingerprint density at radius 3 is 2.59 bits per heavy atom. The first-order valence-electron chi connectivity index (χ1n) is 8.26. The molecule has 0 saturated heterocycles. The molecule has 2 aromatic carbocycles. The number of benzene rings is 2. The fourth-order valence-corrected chi connectivity index (χ4v) is 3.22. The van der Waals surface area contributed by atoms with Crippen LogP contribution in [-0.4, -0.2) is 23.9 Å². The fourth-order valence-electron chi connectivity index (χ4n) is 2.17. The van der Waals surface area contributed by atoms with E-state index in [0.29, 0.717) is 46.9 Å². The van der Waals surface area contributed by atoms with Gasteiger partial charge in [-0.25, -0.2) is 0 Å². The number of halogens is 2. The Labute approximate surface area is 179 Å². The van der Waals surface area contributed by atoms with Crippen LogP contribution >= 0.6 is 47.2 Å². The third-order valence-electron chi connectivity index (χ3n) is 3.56. The minimum atomic E-state index is -0.156. The van der Waals surface area contributed by atoms with Crippen molar-refractivity contribution < 1.29 is 9.53 Å². The van der Waals surface area contributed by atoms with Gasteiger partial charge in [0.25, 0.3) is 0 Å². The molecule has 144 valence electrons. The number of ether oxygens (including phenoxy) is 1. The number of hydrogen-bond donors (Lipinski definition) is 2. The molecule has 0 bridgehead atoms. The number of carbonyl (C=O) groups is 1. The molecular formula is C19H20Cl2N2O2S2. The predicted octanol–water partition coefficient (Wildman–Crippen LogP) is 5.07. The van der Waals surface area contributed by atoms with Crippen molar-refractivity contribution in [2.45, 2.75) is 24.3 Å². The summed E-state index contributed by atoms with van der Waals surface area (Å²) in [5.41, 5.74) is 1.10. The Bertz CT molecular complexity index is 786. The first-order valence-corrected chi connectivity index (χ1v) is 10.7. The van der Waals surface area contributed by atoms with Crippen LogP contribution in [0.3, 0.4) is 0 Å². The third-order valence-corrected chi connectivity index (χ3v) is 5.09. The summed E-state index contributed by atoms with van der Waals surface area (Å²) >= 11 is 18.7. The molecule has 4 nitrogen and oxygen atoms in total. The van der Waals surface area contributed by atoms with Gasteiger partial charge in [-0.2, -0.15) is 0 Å². The summed E-state index contributed by atoms with van der Waals surface area (Å²) in [6, 6.07) is 13.2. The van der Waals surface area contributed by atoms with Gasteiger partial charge in [-0.3, -0.25) is 4.79 Å². The summed E-state index contributed by atoms with van der Waals surface area (Å²) in [5.74, 6) is 0.391. The summed E-state index contributed by atoms with van der Waals surface area (Å²) < 4.78 is 5.55. The van der Waals surface area contributed by atoms with Gasteiger partial charge in [0.15, 0.2) is 5.11 Å². The van der Waals surface area contributed by atoms with Gasteiger partial charge in [-0.1, -0.05) is 35.3 Å². The Balaban J connectivity index is 1.63. The second-order valence-corrected chi connectivity index (χ2v) is 7.74. The van der Waals surface area contributed by atoms with Crippen LogP contribution in [-0.2, 0) is 11.3 Å². The lowest BCUT2D eigenvalue weighted by Gasteiger charge is -2.11. The number of rotatable bonds is 8. The Hall–Kier alpha value is -1.47. The monoisotopic (exact) mass is 442 g/mol. The summed E-state index contributed by atoms with van der Waals surface area (Å²) in [6.45, 7) is 0.933. The van der Waals surface area contributed by atoms with Gasteiger partial charge in [0.1, 0.15) is 5.75 Å². The number of carbonyl (C=O) groups excluding carboxylic acids is 1. The predicted molar refractivity (Wildman–Crippen MR) is 117 cm³/mol. The summed E-state index contributed by atoms with van der Waals surface area (Å²) in [6.07, 6.45) is 2.88. The van der Waals surface area contributed by atoms with Crippen LogP contribution in [0.1, 0.15) is 18.4 Å². The zero-order chi connectivity index (χ0) is 19.6. The maximum Gasteiger partial charge on any atom is 0.226 e. The molecule has 0 aliphatic rings. The summed E-state index contributed by atoms with van der Waals surface area (Å²) in [7, 11) is 0. The van der Waals surface area contributed by atoms with Gasteiger partial charge < -0.3 is 15.4 Å². The highest BCUT2D eigenvalue weighted by molar-refractivity contribution is 7.98. The fraction of sp³-hybridized carbons (Fsp3) is 0.263. The molecule has 0 aliphatic heterocycles. The number of thioether (sulfide) groups is 1. The SMILES string of the molecule is CSc1ccc(CNC(=S)NC(=O)CCCOc2ccc(Cl)cc2Cl)cc1. The van der Waals surface area contributed by atoms with Crippen LogP contribution in [0.4, 0.5) is 0 Å². The molecular weight excluding hydrogens is 423 g/mol. The average molecular weight is 443 g/mol.